The highest BCUT2D eigenvalue weighted by Crippen LogP contribution is 2.29. The maximum atomic E-state index is 12.0. The second-order valence-electron chi connectivity index (χ2n) is 5.14. The van der Waals surface area contributed by atoms with Gasteiger partial charge in [-0.2, -0.15) is 0 Å². The largest absolute Gasteiger partial charge is 0.484 e. The third-order valence-electron chi connectivity index (χ3n) is 3.18. The number of rotatable bonds is 7. The standard InChI is InChI=1S/C17H12Cl3N3O3S/c18-10-4-6-11(7-5-10)25-8-15-22-23-17(26-15)27-9-14(24)21-13-3-1-2-12(19)16(13)20/h1-7H,8-9H2,(H,21,24). The molecule has 0 spiro atoms. The number of hydrogen-bond acceptors (Lipinski definition) is 6. The van der Waals surface area contributed by atoms with Crippen molar-refractivity contribution >= 4 is 58.2 Å². The Morgan fingerprint density at radius 1 is 1.11 bits per heavy atom. The maximum absolute atomic E-state index is 12.0. The summed E-state index contributed by atoms with van der Waals surface area (Å²) in [5.74, 6) is 0.722. The zero-order valence-electron chi connectivity index (χ0n) is 13.6. The lowest BCUT2D eigenvalue weighted by atomic mass is 10.3. The Morgan fingerprint density at radius 3 is 2.67 bits per heavy atom. The molecule has 1 heterocycles. The van der Waals surface area contributed by atoms with Crippen LogP contribution in [0, 0.1) is 0 Å². The highest BCUT2D eigenvalue weighted by Gasteiger charge is 2.12. The van der Waals surface area contributed by atoms with E-state index in [4.69, 9.17) is 44.0 Å². The van der Waals surface area contributed by atoms with Gasteiger partial charge in [0.05, 0.1) is 21.5 Å². The molecule has 0 unspecified atom stereocenters. The van der Waals surface area contributed by atoms with Crippen LogP contribution in [0.4, 0.5) is 5.69 Å². The third-order valence-corrected chi connectivity index (χ3v) is 5.07. The third kappa shape index (κ3) is 5.77. The van der Waals surface area contributed by atoms with Crippen molar-refractivity contribution < 1.29 is 13.9 Å². The van der Waals surface area contributed by atoms with E-state index in [1.165, 1.54) is 0 Å². The summed E-state index contributed by atoms with van der Waals surface area (Å²) in [6.45, 7) is 0.111. The van der Waals surface area contributed by atoms with Crippen molar-refractivity contribution in [3.8, 4) is 5.75 Å². The van der Waals surface area contributed by atoms with Crippen LogP contribution < -0.4 is 10.1 Å². The van der Waals surface area contributed by atoms with Gasteiger partial charge in [-0.1, -0.05) is 52.6 Å². The zero-order valence-corrected chi connectivity index (χ0v) is 16.7. The Labute approximate surface area is 174 Å². The summed E-state index contributed by atoms with van der Waals surface area (Å²) >= 11 is 18.9. The molecule has 1 amide bonds. The van der Waals surface area contributed by atoms with Crippen LogP contribution in [0.25, 0.3) is 0 Å². The molecule has 0 saturated carbocycles. The van der Waals surface area contributed by atoms with E-state index in [1.54, 1.807) is 42.5 Å². The molecular weight excluding hydrogens is 433 g/mol. The first-order valence-electron chi connectivity index (χ1n) is 7.58. The number of amides is 1. The van der Waals surface area contributed by atoms with Gasteiger partial charge in [0, 0.05) is 5.02 Å². The van der Waals surface area contributed by atoms with Crippen LogP contribution in [-0.4, -0.2) is 21.9 Å². The lowest BCUT2D eigenvalue weighted by Crippen LogP contribution is -2.14. The summed E-state index contributed by atoms with van der Waals surface area (Å²) in [6, 6.07) is 11.9. The second-order valence-corrected chi connectivity index (χ2v) is 7.29. The second kappa shape index (κ2) is 9.32. The van der Waals surface area contributed by atoms with Crippen LogP contribution in [0.5, 0.6) is 5.75 Å². The number of carbonyl (C=O) groups excluding carboxylic acids is 1. The first-order valence-corrected chi connectivity index (χ1v) is 9.70. The topological polar surface area (TPSA) is 77.2 Å². The van der Waals surface area contributed by atoms with Gasteiger partial charge in [0.15, 0.2) is 6.61 Å². The minimum Gasteiger partial charge on any atom is -0.484 e. The summed E-state index contributed by atoms with van der Waals surface area (Å²) in [5.41, 5.74) is 0.442. The van der Waals surface area contributed by atoms with Crippen LogP contribution in [0.2, 0.25) is 15.1 Å². The Bertz CT molecular complexity index is 935. The average molecular weight is 445 g/mol. The number of carbonyl (C=O) groups is 1. The number of hydrogen-bond donors (Lipinski definition) is 1. The quantitative estimate of drug-likeness (QED) is 0.496. The Balaban J connectivity index is 1.48. The molecule has 0 aliphatic carbocycles. The Hall–Kier alpha value is -1.93. The molecule has 1 N–H and O–H groups in total. The number of nitrogens with one attached hydrogen (secondary N) is 1. The molecule has 0 aliphatic rings. The van der Waals surface area contributed by atoms with E-state index in [2.05, 4.69) is 15.5 Å². The van der Waals surface area contributed by atoms with Gasteiger partial charge in [0.2, 0.25) is 5.91 Å². The first-order chi connectivity index (χ1) is 13.0. The highest BCUT2D eigenvalue weighted by molar-refractivity contribution is 7.99. The molecule has 140 valence electrons. The smallest absolute Gasteiger partial charge is 0.277 e. The molecule has 2 aromatic carbocycles. The van der Waals surface area contributed by atoms with E-state index in [-0.39, 0.29) is 28.5 Å². The Morgan fingerprint density at radius 2 is 1.89 bits per heavy atom. The number of aromatic nitrogens is 2. The molecule has 0 aliphatic heterocycles. The number of halogens is 3. The summed E-state index contributed by atoms with van der Waals surface area (Å²) in [6.07, 6.45) is 0. The normalized spacial score (nSPS) is 10.6. The van der Waals surface area contributed by atoms with Crippen molar-refractivity contribution in [1.29, 1.82) is 0 Å². The summed E-state index contributed by atoms with van der Waals surface area (Å²) < 4.78 is 11.0. The number of thioether (sulfide) groups is 1. The maximum Gasteiger partial charge on any atom is 0.277 e. The van der Waals surface area contributed by atoms with Gasteiger partial charge in [-0.05, 0) is 36.4 Å². The molecule has 6 nitrogen and oxygen atoms in total. The minimum atomic E-state index is -0.277. The predicted molar refractivity (Wildman–Crippen MR) is 106 cm³/mol. The number of nitrogens with zero attached hydrogens (tertiary/aromatic N) is 2. The van der Waals surface area contributed by atoms with E-state index in [0.717, 1.165) is 11.8 Å². The fourth-order valence-electron chi connectivity index (χ4n) is 1.94. The zero-order chi connectivity index (χ0) is 19.2. The molecule has 0 radical (unpaired) electrons. The van der Waals surface area contributed by atoms with Crippen molar-refractivity contribution in [2.75, 3.05) is 11.1 Å². The van der Waals surface area contributed by atoms with Gasteiger partial charge in [0.1, 0.15) is 5.75 Å². The molecule has 0 fully saturated rings. The molecular formula is C17H12Cl3N3O3S. The van der Waals surface area contributed by atoms with Gasteiger partial charge >= 0.3 is 0 Å². The lowest BCUT2D eigenvalue weighted by molar-refractivity contribution is -0.113. The van der Waals surface area contributed by atoms with E-state index in [9.17, 15) is 4.79 Å². The minimum absolute atomic E-state index is 0.0719. The van der Waals surface area contributed by atoms with Crippen LogP contribution in [0.3, 0.4) is 0 Å². The van der Waals surface area contributed by atoms with Gasteiger partial charge in [0.25, 0.3) is 11.1 Å². The van der Waals surface area contributed by atoms with Gasteiger partial charge in [-0.25, -0.2) is 0 Å². The van der Waals surface area contributed by atoms with Crippen molar-refractivity contribution in [2.24, 2.45) is 0 Å². The van der Waals surface area contributed by atoms with Gasteiger partial charge in [-0.3, -0.25) is 4.79 Å². The molecule has 0 bridgehead atoms. The van der Waals surface area contributed by atoms with E-state index >= 15 is 0 Å². The van der Waals surface area contributed by atoms with E-state index in [0.29, 0.717) is 27.4 Å². The molecule has 3 rings (SSSR count). The Kier molecular flexibility index (Phi) is 6.84. The van der Waals surface area contributed by atoms with Crippen LogP contribution >= 0.6 is 46.6 Å². The average Bonchev–Trinajstić information content (AvgIpc) is 3.11. The summed E-state index contributed by atoms with van der Waals surface area (Å²) in [4.78, 5) is 12.0. The molecule has 1 aromatic heterocycles. The van der Waals surface area contributed by atoms with Crippen molar-refractivity contribution in [3.05, 3.63) is 63.4 Å². The van der Waals surface area contributed by atoms with Crippen molar-refractivity contribution in [1.82, 2.24) is 10.2 Å². The molecule has 3 aromatic rings. The number of ether oxygens (including phenoxy) is 1. The lowest BCUT2D eigenvalue weighted by Gasteiger charge is -2.07. The summed E-state index contributed by atoms with van der Waals surface area (Å²) in [5, 5.41) is 12.0. The van der Waals surface area contributed by atoms with E-state index in [1.807, 2.05) is 0 Å². The fourth-order valence-corrected chi connectivity index (χ4v) is 3.00. The SMILES string of the molecule is O=C(CSc1nnc(COc2ccc(Cl)cc2)o1)Nc1cccc(Cl)c1Cl. The predicted octanol–water partition coefficient (Wildman–Crippen LogP) is 5.34. The molecule has 0 atom stereocenters. The fraction of sp³-hybridized carbons (Fsp3) is 0.118. The number of benzene rings is 2. The van der Waals surface area contributed by atoms with E-state index < -0.39 is 0 Å². The molecule has 27 heavy (non-hydrogen) atoms. The van der Waals surface area contributed by atoms with Crippen LogP contribution in [-0.2, 0) is 11.4 Å². The molecule has 0 saturated heterocycles. The molecule has 10 heteroatoms. The van der Waals surface area contributed by atoms with Crippen molar-refractivity contribution in [2.45, 2.75) is 11.8 Å². The monoisotopic (exact) mass is 443 g/mol. The summed E-state index contributed by atoms with van der Waals surface area (Å²) in [7, 11) is 0. The van der Waals surface area contributed by atoms with Gasteiger partial charge < -0.3 is 14.5 Å². The first kappa shape index (κ1) is 19.8. The van der Waals surface area contributed by atoms with Crippen LogP contribution in [0.15, 0.2) is 52.1 Å². The van der Waals surface area contributed by atoms with Crippen LogP contribution in [0.1, 0.15) is 5.89 Å². The van der Waals surface area contributed by atoms with Crippen molar-refractivity contribution in [3.63, 3.8) is 0 Å². The number of anilines is 1. The highest BCUT2D eigenvalue weighted by atomic mass is 35.5. The van der Waals surface area contributed by atoms with Gasteiger partial charge in [-0.15, -0.1) is 10.2 Å².